The number of rotatable bonds is 4. The molecule has 8 atom stereocenters. The van der Waals surface area contributed by atoms with Crippen molar-refractivity contribution in [2.45, 2.75) is 119 Å². The smallest absolute Gasteiger partial charge is 0.0594 e. The highest BCUT2D eigenvalue weighted by atomic mass is 16.3. The van der Waals surface area contributed by atoms with Crippen molar-refractivity contribution in [3.63, 3.8) is 0 Å². The summed E-state index contributed by atoms with van der Waals surface area (Å²) in [5.41, 5.74) is 4.53. The van der Waals surface area contributed by atoms with Crippen LogP contribution >= 0.6 is 0 Å². The highest BCUT2D eigenvalue weighted by Gasteiger charge is 2.65. The molecule has 3 saturated carbocycles. The van der Waals surface area contributed by atoms with Gasteiger partial charge < -0.3 is 5.11 Å². The molecule has 3 fully saturated rings. The fraction of sp³-hybridized carbons (Fsp3) is 0.867. The summed E-state index contributed by atoms with van der Waals surface area (Å²) in [6, 6.07) is 0. The summed E-state index contributed by atoms with van der Waals surface area (Å²) >= 11 is 0. The maximum absolute atomic E-state index is 10.8. The molecule has 0 aliphatic heterocycles. The van der Waals surface area contributed by atoms with Gasteiger partial charge >= 0.3 is 0 Å². The number of aliphatic hydroxyl groups excluding tert-OH is 1. The van der Waals surface area contributed by atoms with Crippen LogP contribution in [-0.4, -0.2) is 11.2 Å². The Hall–Kier alpha value is -0.560. The van der Waals surface area contributed by atoms with E-state index in [1.165, 1.54) is 56.9 Å². The number of hydrogen-bond acceptors (Lipinski definition) is 1. The largest absolute Gasteiger partial charge is 0.393 e. The average molecular weight is 427 g/mol. The van der Waals surface area contributed by atoms with Crippen LogP contribution in [0.1, 0.15) is 113 Å². The lowest BCUT2D eigenvalue weighted by atomic mass is 9.41. The van der Waals surface area contributed by atoms with Gasteiger partial charge in [0.05, 0.1) is 6.10 Å². The monoisotopic (exact) mass is 426 g/mol. The van der Waals surface area contributed by atoms with Crippen LogP contribution in [0.5, 0.6) is 0 Å². The Balaban J connectivity index is 1.62. The second kappa shape index (κ2) is 7.75. The van der Waals surface area contributed by atoms with Gasteiger partial charge in [-0.2, -0.15) is 0 Å². The van der Waals surface area contributed by atoms with Crippen molar-refractivity contribution in [3.8, 4) is 0 Å². The van der Waals surface area contributed by atoms with Gasteiger partial charge in [0.15, 0.2) is 0 Å². The molecule has 0 spiro atoms. The van der Waals surface area contributed by atoms with Crippen LogP contribution in [-0.2, 0) is 0 Å². The van der Waals surface area contributed by atoms with Crippen molar-refractivity contribution in [2.24, 2.45) is 45.3 Å². The van der Waals surface area contributed by atoms with Crippen LogP contribution in [0, 0.1) is 45.3 Å². The second-order valence-corrected chi connectivity index (χ2v) is 13.7. The molecule has 0 aromatic carbocycles. The Bertz CT molecular complexity index is 754. The SMILES string of the molecule is CC(C)=CCC[C@@H](C)[C@H]1CC[C@@]2(C)C3=CC[C@@H]4C(C)(C)[C@@H](O)CC[C@]4(C)[C@H]3CC[C@]12C. The first-order valence-corrected chi connectivity index (χ1v) is 13.4. The van der Waals surface area contributed by atoms with Gasteiger partial charge in [-0.1, -0.05) is 64.8 Å². The van der Waals surface area contributed by atoms with Crippen molar-refractivity contribution in [1.29, 1.82) is 0 Å². The number of allylic oxidation sites excluding steroid dienone is 4. The molecular formula is C30H50O. The van der Waals surface area contributed by atoms with Gasteiger partial charge in [-0.05, 0) is 117 Å². The van der Waals surface area contributed by atoms with E-state index in [1.807, 2.05) is 5.57 Å². The Morgan fingerprint density at radius 1 is 1.06 bits per heavy atom. The summed E-state index contributed by atoms with van der Waals surface area (Å²) in [7, 11) is 0. The van der Waals surface area contributed by atoms with Crippen LogP contribution in [0.4, 0.5) is 0 Å². The summed E-state index contributed by atoms with van der Waals surface area (Å²) in [5, 5.41) is 10.8. The average Bonchev–Trinajstić information content (AvgIpc) is 2.96. The summed E-state index contributed by atoms with van der Waals surface area (Å²) in [4.78, 5) is 0. The highest BCUT2D eigenvalue weighted by molar-refractivity contribution is 5.33. The van der Waals surface area contributed by atoms with E-state index in [0.29, 0.717) is 22.2 Å². The molecule has 0 aromatic heterocycles. The highest BCUT2D eigenvalue weighted by Crippen LogP contribution is 2.73. The van der Waals surface area contributed by atoms with Gasteiger partial charge in [0.2, 0.25) is 0 Å². The Morgan fingerprint density at radius 2 is 1.77 bits per heavy atom. The standard InChI is InChI=1S/C30H50O/c1-20(2)10-9-11-21(3)22-14-18-30(8)24-12-13-25-27(4,5)26(31)16-17-28(25,6)23(24)15-19-29(22,30)7/h10,12,21-23,25-26,31H,9,11,13-19H2,1-8H3/t21-,22-,23+,25-,26+,28-,29-,30+/m1/s1. The molecule has 0 saturated heterocycles. The van der Waals surface area contributed by atoms with E-state index in [4.69, 9.17) is 0 Å². The van der Waals surface area contributed by atoms with Gasteiger partial charge in [0.25, 0.3) is 0 Å². The Kier molecular flexibility index (Phi) is 5.90. The predicted octanol–water partition coefficient (Wildman–Crippen LogP) is 8.34. The second-order valence-electron chi connectivity index (χ2n) is 13.7. The molecule has 0 unspecified atom stereocenters. The van der Waals surface area contributed by atoms with E-state index >= 15 is 0 Å². The van der Waals surface area contributed by atoms with Gasteiger partial charge in [-0.3, -0.25) is 0 Å². The summed E-state index contributed by atoms with van der Waals surface area (Å²) in [5.74, 6) is 3.02. The lowest BCUT2D eigenvalue weighted by molar-refractivity contribution is -0.131. The van der Waals surface area contributed by atoms with Crippen LogP contribution in [0.25, 0.3) is 0 Å². The van der Waals surface area contributed by atoms with Crippen LogP contribution < -0.4 is 0 Å². The summed E-state index contributed by atoms with van der Waals surface area (Å²) < 4.78 is 0. The quantitative estimate of drug-likeness (QED) is 0.448. The van der Waals surface area contributed by atoms with Crippen molar-refractivity contribution in [3.05, 3.63) is 23.3 Å². The molecule has 1 nitrogen and oxygen atoms in total. The minimum Gasteiger partial charge on any atom is -0.393 e. The number of hydrogen-bond donors (Lipinski definition) is 1. The summed E-state index contributed by atoms with van der Waals surface area (Å²) in [6.07, 6.45) is 16.5. The topological polar surface area (TPSA) is 20.2 Å². The minimum atomic E-state index is -0.137. The third-order valence-electron chi connectivity index (χ3n) is 11.7. The Morgan fingerprint density at radius 3 is 2.45 bits per heavy atom. The molecule has 176 valence electrons. The third kappa shape index (κ3) is 3.34. The fourth-order valence-electron chi connectivity index (χ4n) is 9.49. The molecule has 4 aliphatic rings. The maximum Gasteiger partial charge on any atom is 0.0594 e. The van der Waals surface area contributed by atoms with Crippen molar-refractivity contribution in [2.75, 3.05) is 0 Å². The number of aliphatic hydroxyl groups is 1. The molecule has 4 rings (SSSR count). The van der Waals surface area contributed by atoms with E-state index < -0.39 is 0 Å². The molecule has 31 heavy (non-hydrogen) atoms. The molecular weight excluding hydrogens is 376 g/mol. The minimum absolute atomic E-state index is 0.0360. The van der Waals surface area contributed by atoms with Crippen molar-refractivity contribution < 1.29 is 5.11 Å². The zero-order valence-electron chi connectivity index (χ0n) is 21.9. The molecule has 1 N–H and O–H groups in total. The predicted molar refractivity (Wildman–Crippen MR) is 133 cm³/mol. The van der Waals surface area contributed by atoms with Gasteiger partial charge in [0.1, 0.15) is 0 Å². The molecule has 0 bridgehead atoms. The lowest BCUT2D eigenvalue weighted by Gasteiger charge is -2.64. The van der Waals surface area contributed by atoms with E-state index in [2.05, 4.69) is 67.5 Å². The third-order valence-corrected chi connectivity index (χ3v) is 11.7. The van der Waals surface area contributed by atoms with E-state index in [-0.39, 0.29) is 11.5 Å². The zero-order chi connectivity index (χ0) is 22.8. The summed E-state index contributed by atoms with van der Waals surface area (Å²) in [6.45, 7) is 19.6. The molecule has 0 amide bonds. The van der Waals surface area contributed by atoms with Crippen molar-refractivity contribution in [1.82, 2.24) is 0 Å². The molecule has 1 heteroatoms. The van der Waals surface area contributed by atoms with Crippen molar-refractivity contribution >= 4 is 0 Å². The van der Waals surface area contributed by atoms with Gasteiger partial charge in [0, 0.05) is 0 Å². The van der Waals surface area contributed by atoms with Gasteiger partial charge in [-0.15, -0.1) is 0 Å². The molecule has 0 heterocycles. The molecule has 4 aliphatic carbocycles. The first-order valence-electron chi connectivity index (χ1n) is 13.4. The van der Waals surface area contributed by atoms with Gasteiger partial charge in [-0.25, -0.2) is 0 Å². The molecule has 0 aromatic rings. The first-order chi connectivity index (χ1) is 14.4. The number of fused-ring (bicyclic) bond motifs is 5. The maximum atomic E-state index is 10.8. The normalized spacial score (nSPS) is 46.9. The zero-order valence-corrected chi connectivity index (χ0v) is 21.9. The molecule has 0 radical (unpaired) electrons. The lowest BCUT2D eigenvalue weighted by Crippen LogP contribution is -2.58. The van der Waals surface area contributed by atoms with Crippen LogP contribution in [0.15, 0.2) is 23.3 Å². The van der Waals surface area contributed by atoms with E-state index in [0.717, 1.165) is 24.2 Å². The van der Waals surface area contributed by atoms with Crippen LogP contribution in [0.2, 0.25) is 0 Å². The first kappa shape index (κ1) is 23.6. The Labute approximate surface area is 193 Å². The fourth-order valence-corrected chi connectivity index (χ4v) is 9.49. The van der Waals surface area contributed by atoms with E-state index in [1.54, 1.807) is 0 Å². The van der Waals surface area contributed by atoms with Crippen LogP contribution in [0.3, 0.4) is 0 Å². The van der Waals surface area contributed by atoms with E-state index in [9.17, 15) is 5.11 Å².